The third-order valence-corrected chi connectivity index (χ3v) is 5.59. The Morgan fingerprint density at radius 3 is 2.12 bits per heavy atom. The third-order valence-electron chi connectivity index (χ3n) is 2.94. The van der Waals surface area contributed by atoms with Crippen LogP contribution in [0.4, 0.5) is 8.78 Å². The second-order valence-corrected chi connectivity index (χ2v) is 8.02. The Kier molecular flexibility index (Phi) is 5.72. The van der Waals surface area contributed by atoms with E-state index in [0.717, 1.165) is 6.07 Å². The maximum Gasteiger partial charge on any atom is 0.257 e. The summed E-state index contributed by atoms with van der Waals surface area (Å²) in [6.07, 6.45) is 0. The van der Waals surface area contributed by atoms with Gasteiger partial charge in [-0.25, -0.2) is 25.6 Å². The minimum absolute atomic E-state index is 0.252. The van der Waals surface area contributed by atoms with Gasteiger partial charge in [-0.1, -0.05) is 0 Å². The van der Waals surface area contributed by atoms with Crippen LogP contribution < -0.4 is 14.4 Å². The van der Waals surface area contributed by atoms with E-state index in [0.29, 0.717) is 24.5 Å². The highest BCUT2D eigenvalue weighted by Crippen LogP contribution is 2.17. The van der Waals surface area contributed by atoms with Gasteiger partial charge in [-0.2, -0.15) is 0 Å². The van der Waals surface area contributed by atoms with Crippen molar-refractivity contribution in [2.45, 2.75) is 16.7 Å². The van der Waals surface area contributed by atoms with Gasteiger partial charge in [0.2, 0.25) is 0 Å². The van der Waals surface area contributed by atoms with Gasteiger partial charge in [0, 0.05) is 0 Å². The van der Waals surface area contributed by atoms with E-state index in [9.17, 15) is 25.6 Å². The van der Waals surface area contributed by atoms with E-state index in [1.54, 1.807) is 11.8 Å². The normalized spacial score (nSPS) is 12.1. The fourth-order valence-corrected chi connectivity index (χ4v) is 3.98. The van der Waals surface area contributed by atoms with Gasteiger partial charge in [-0.3, -0.25) is 0 Å². The summed E-state index contributed by atoms with van der Waals surface area (Å²) in [4.78, 5) is 1.86. The number of hydrogen-bond donors (Lipinski definition) is 2. The average Bonchev–Trinajstić information content (AvgIpc) is 2.56. The molecule has 0 heterocycles. The van der Waals surface area contributed by atoms with Crippen molar-refractivity contribution in [3.8, 4) is 5.75 Å². The molecule has 25 heavy (non-hydrogen) atoms. The van der Waals surface area contributed by atoms with Gasteiger partial charge in [0.15, 0.2) is 0 Å². The van der Waals surface area contributed by atoms with Crippen LogP contribution in [0.15, 0.2) is 52.3 Å². The minimum atomic E-state index is -4.65. The number of benzene rings is 2. The molecule has 0 saturated carbocycles. The topological polar surface area (TPSA) is 102 Å². The summed E-state index contributed by atoms with van der Waals surface area (Å²) in [5.74, 6) is -1.78. The summed E-state index contributed by atoms with van der Waals surface area (Å²) in [7, 11) is -8.92. The van der Waals surface area contributed by atoms with Crippen molar-refractivity contribution >= 4 is 20.0 Å². The zero-order chi connectivity index (χ0) is 18.7. The fourth-order valence-electron chi connectivity index (χ4n) is 1.79. The summed E-state index contributed by atoms with van der Waals surface area (Å²) >= 11 is 0. The van der Waals surface area contributed by atoms with E-state index in [-0.39, 0.29) is 4.90 Å². The molecule has 11 heteroatoms. The number of halogens is 2. The highest BCUT2D eigenvalue weighted by Gasteiger charge is 2.23. The Morgan fingerprint density at radius 2 is 1.52 bits per heavy atom. The van der Waals surface area contributed by atoms with Crippen LogP contribution in [0.3, 0.4) is 0 Å². The number of ether oxygens (including phenoxy) is 1. The zero-order valence-electron chi connectivity index (χ0n) is 12.9. The van der Waals surface area contributed by atoms with Crippen molar-refractivity contribution in [3.05, 3.63) is 54.1 Å². The molecule has 7 nitrogen and oxygen atoms in total. The van der Waals surface area contributed by atoms with E-state index in [1.807, 2.05) is 0 Å². The van der Waals surface area contributed by atoms with Crippen LogP contribution in [-0.2, 0) is 20.0 Å². The van der Waals surface area contributed by atoms with Crippen LogP contribution >= 0.6 is 0 Å². The lowest BCUT2D eigenvalue weighted by Crippen LogP contribution is -2.41. The van der Waals surface area contributed by atoms with Gasteiger partial charge in [0.1, 0.15) is 22.3 Å². The number of sulfonamides is 2. The van der Waals surface area contributed by atoms with Crippen LogP contribution in [0.5, 0.6) is 5.75 Å². The Morgan fingerprint density at radius 1 is 0.920 bits per heavy atom. The molecule has 0 fully saturated rings. The van der Waals surface area contributed by atoms with Crippen LogP contribution in [0.25, 0.3) is 0 Å². The van der Waals surface area contributed by atoms with Gasteiger partial charge in [0.25, 0.3) is 20.0 Å². The zero-order valence-corrected chi connectivity index (χ0v) is 14.5. The molecular weight excluding hydrogens is 378 g/mol. The lowest BCUT2D eigenvalue weighted by molar-refractivity contribution is 0.340. The molecule has 0 radical (unpaired) electrons. The summed E-state index contributed by atoms with van der Waals surface area (Å²) in [6, 6.07) is 6.96. The first-order valence-corrected chi connectivity index (χ1v) is 9.84. The first-order chi connectivity index (χ1) is 11.7. The molecule has 0 aliphatic rings. The predicted molar refractivity (Wildman–Crippen MR) is 84.6 cm³/mol. The molecule has 2 aromatic carbocycles. The van der Waals surface area contributed by atoms with Gasteiger partial charge >= 0.3 is 0 Å². The molecule has 0 saturated heterocycles. The fraction of sp³-hybridized carbons (Fsp3) is 0.143. The summed E-state index contributed by atoms with van der Waals surface area (Å²) < 4.78 is 79.9. The Labute approximate surface area is 143 Å². The number of hydrogen-bond acceptors (Lipinski definition) is 5. The first-order valence-electron chi connectivity index (χ1n) is 6.87. The van der Waals surface area contributed by atoms with Crippen LogP contribution in [-0.4, -0.2) is 23.4 Å². The predicted octanol–water partition coefficient (Wildman–Crippen LogP) is 1.54. The largest absolute Gasteiger partial charge is 0.494 e. The lowest BCUT2D eigenvalue weighted by Gasteiger charge is -2.10. The smallest absolute Gasteiger partial charge is 0.257 e. The second kappa shape index (κ2) is 7.44. The molecule has 0 spiro atoms. The average molecular weight is 392 g/mol. The van der Waals surface area contributed by atoms with Gasteiger partial charge < -0.3 is 4.74 Å². The van der Waals surface area contributed by atoms with Crippen molar-refractivity contribution in [1.29, 1.82) is 0 Å². The molecule has 0 amide bonds. The number of rotatable bonds is 7. The molecule has 0 atom stereocenters. The maximum absolute atomic E-state index is 13.5. The SMILES string of the molecule is CCOc1ccc(S(=O)(=O)NNS(=O)(=O)c2cc(F)ccc2F)cc1. The number of nitrogens with one attached hydrogen (secondary N) is 2. The molecule has 0 unspecified atom stereocenters. The Balaban J connectivity index is 2.19. The van der Waals surface area contributed by atoms with Crippen LogP contribution in [0, 0.1) is 11.6 Å². The molecule has 2 aromatic rings. The van der Waals surface area contributed by atoms with Crippen LogP contribution in [0.1, 0.15) is 6.92 Å². The van der Waals surface area contributed by atoms with Crippen LogP contribution in [0.2, 0.25) is 0 Å². The second-order valence-electron chi connectivity index (χ2n) is 4.69. The van der Waals surface area contributed by atoms with E-state index in [2.05, 4.69) is 0 Å². The first kappa shape index (κ1) is 19.2. The Hall–Kier alpha value is -2.08. The highest BCUT2D eigenvalue weighted by molar-refractivity contribution is 7.92. The van der Waals surface area contributed by atoms with Crippen molar-refractivity contribution < 1.29 is 30.4 Å². The molecule has 2 N–H and O–H groups in total. The molecule has 0 aromatic heterocycles. The summed E-state index contributed by atoms with van der Waals surface area (Å²) in [5.41, 5.74) is 0. The third kappa shape index (κ3) is 4.72. The van der Waals surface area contributed by atoms with Crippen molar-refractivity contribution in [3.63, 3.8) is 0 Å². The van der Waals surface area contributed by atoms with Gasteiger partial charge in [-0.15, -0.1) is 9.66 Å². The molecule has 136 valence electrons. The molecule has 2 rings (SSSR count). The summed E-state index contributed by atoms with van der Waals surface area (Å²) in [5, 5.41) is 0. The van der Waals surface area contributed by atoms with Gasteiger partial charge in [0.05, 0.1) is 11.5 Å². The molecular formula is C14H14F2N2O5S2. The Bertz CT molecular complexity index is 961. The van der Waals surface area contributed by atoms with E-state index in [4.69, 9.17) is 4.74 Å². The van der Waals surface area contributed by atoms with Crippen molar-refractivity contribution in [2.24, 2.45) is 0 Å². The minimum Gasteiger partial charge on any atom is -0.494 e. The van der Waals surface area contributed by atoms with Gasteiger partial charge in [-0.05, 0) is 49.4 Å². The number of hydrazine groups is 1. The molecule has 0 aliphatic heterocycles. The highest BCUT2D eigenvalue weighted by atomic mass is 32.2. The standard InChI is InChI=1S/C14H14F2N2O5S2/c1-2-23-11-4-6-12(7-5-11)24(19,20)17-18-25(21,22)14-9-10(15)3-8-13(14)16/h3-9,17-18H,2H2,1H3. The quantitative estimate of drug-likeness (QED) is 0.696. The molecule has 0 aliphatic carbocycles. The summed E-state index contributed by atoms with van der Waals surface area (Å²) in [6.45, 7) is 2.15. The lowest BCUT2D eigenvalue weighted by atomic mass is 10.3. The van der Waals surface area contributed by atoms with E-state index >= 15 is 0 Å². The van der Waals surface area contributed by atoms with E-state index < -0.39 is 36.6 Å². The molecule has 0 bridgehead atoms. The maximum atomic E-state index is 13.5. The monoisotopic (exact) mass is 392 g/mol. The van der Waals surface area contributed by atoms with E-state index in [1.165, 1.54) is 29.1 Å². The van der Waals surface area contributed by atoms with Crippen molar-refractivity contribution in [1.82, 2.24) is 9.66 Å². The van der Waals surface area contributed by atoms with Crippen molar-refractivity contribution in [2.75, 3.05) is 6.61 Å².